The zero-order valence-corrected chi connectivity index (χ0v) is 19.6. The van der Waals surface area contributed by atoms with Gasteiger partial charge in [0.2, 0.25) is 5.91 Å². The number of carbonyl (C=O) groups excluding carboxylic acids is 2. The first-order valence-corrected chi connectivity index (χ1v) is 11.5. The number of nitrogens with zero attached hydrogens (tertiary/aromatic N) is 4. The van der Waals surface area contributed by atoms with Gasteiger partial charge < -0.3 is 20.3 Å². The Hall–Kier alpha value is -3.48. The van der Waals surface area contributed by atoms with Crippen LogP contribution in [-0.2, 0) is 16.1 Å². The third kappa shape index (κ3) is 6.31. The van der Waals surface area contributed by atoms with Crippen LogP contribution in [0.2, 0.25) is 0 Å². The van der Waals surface area contributed by atoms with E-state index in [9.17, 15) is 9.59 Å². The molecule has 3 heterocycles. The number of nitrogens with one attached hydrogen (secondary N) is 2. The number of ether oxygens (including phenoxy) is 1. The predicted molar refractivity (Wildman–Crippen MR) is 130 cm³/mol. The second kappa shape index (κ2) is 11.1. The first-order valence-electron chi connectivity index (χ1n) is 11.5. The first kappa shape index (κ1) is 23.7. The number of rotatable bonds is 9. The molecule has 4 rings (SSSR count). The second-order valence-electron chi connectivity index (χ2n) is 8.62. The molecule has 9 heteroatoms. The number of carbonyl (C=O) groups is 2. The van der Waals surface area contributed by atoms with Gasteiger partial charge in [0.05, 0.1) is 24.4 Å². The Balaban J connectivity index is 1.49. The number of aldehydes is 1. The topological polar surface area (TPSA) is 99.7 Å². The van der Waals surface area contributed by atoms with Gasteiger partial charge in [-0.2, -0.15) is 0 Å². The van der Waals surface area contributed by atoms with Crippen LogP contribution in [0.25, 0.3) is 0 Å². The lowest BCUT2D eigenvalue weighted by atomic mass is 10.1. The molecule has 178 valence electrons. The van der Waals surface area contributed by atoms with E-state index in [-0.39, 0.29) is 5.91 Å². The number of pyridine rings is 2. The van der Waals surface area contributed by atoms with Gasteiger partial charge in [0.1, 0.15) is 17.3 Å². The fraction of sp³-hybridized carbons (Fsp3) is 0.440. The standard InChI is InChI=1S/C25H30N6O3/c1-30-10-11-31(25(33)16-30)15-20-7-8-23(28-22(20)17-32)29-24-13-21(26-9-12-34-2)19(14-27-24)6-5-18-3-4-18/h7-8,13-14,17-18H,3-4,9-12,15-16H2,1-2H3,(H2,26,27,28,29). The summed E-state index contributed by atoms with van der Waals surface area (Å²) in [7, 11) is 3.58. The van der Waals surface area contributed by atoms with E-state index in [1.54, 1.807) is 24.3 Å². The Labute approximate surface area is 199 Å². The van der Waals surface area contributed by atoms with Crippen molar-refractivity contribution in [1.82, 2.24) is 19.8 Å². The highest BCUT2D eigenvalue weighted by molar-refractivity contribution is 5.80. The fourth-order valence-corrected chi connectivity index (χ4v) is 3.60. The van der Waals surface area contributed by atoms with Crippen LogP contribution in [0.3, 0.4) is 0 Å². The number of anilines is 3. The number of piperazine rings is 1. The molecule has 0 unspecified atom stereocenters. The summed E-state index contributed by atoms with van der Waals surface area (Å²) in [5.41, 5.74) is 2.73. The average molecular weight is 463 g/mol. The van der Waals surface area contributed by atoms with E-state index in [1.807, 2.05) is 24.1 Å². The van der Waals surface area contributed by atoms with Crippen LogP contribution in [0.5, 0.6) is 0 Å². The summed E-state index contributed by atoms with van der Waals surface area (Å²) in [6.07, 6.45) is 4.79. The number of aromatic nitrogens is 2. The SMILES string of the molecule is COCCNc1cc(Nc2ccc(CN3CCN(C)CC3=O)c(C=O)n2)ncc1C#CC1CC1. The van der Waals surface area contributed by atoms with Gasteiger partial charge in [-0.05, 0) is 26.0 Å². The summed E-state index contributed by atoms with van der Waals surface area (Å²) in [4.78, 5) is 36.7. The van der Waals surface area contributed by atoms with Gasteiger partial charge in [0.15, 0.2) is 6.29 Å². The Morgan fingerprint density at radius 2 is 2.12 bits per heavy atom. The molecule has 2 N–H and O–H groups in total. The molecule has 2 aliphatic rings. The molecule has 0 aromatic carbocycles. The number of methoxy groups -OCH3 is 1. The number of likely N-dealkylation sites (N-methyl/N-ethyl adjacent to an activating group) is 1. The van der Waals surface area contributed by atoms with Crippen molar-refractivity contribution < 1.29 is 14.3 Å². The highest BCUT2D eigenvalue weighted by Crippen LogP contribution is 2.28. The van der Waals surface area contributed by atoms with E-state index < -0.39 is 0 Å². The van der Waals surface area contributed by atoms with Gasteiger partial charge in [-0.15, -0.1) is 0 Å². The second-order valence-corrected chi connectivity index (χ2v) is 8.62. The van der Waals surface area contributed by atoms with Crippen molar-refractivity contribution in [2.45, 2.75) is 19.4 Å². The Morgan fingerprint density at radius 1 is 1.26 bits per heavy atom. The third-order valence-electron chi connectivity index (χ3n) is 5.76. The van der Waals surface area contributed by atoms with Crippen molar-refractivity contribution in [1.29, 1.82) is 0 Å². The maximum absolute atomic E-state index is 12.3. The first-order chi connectivity index (χ1) is 16.6. The van der Waals surface area contributed by atoms with Crippen molar-refractivity contribution in [3.05, 3.63) is 41.2 Å². The van der Waals surface area contributed by atoms with Crippen molar-refractivity contribution in [2.24, 2.45) is 5.92 Å². The van der Waals surface area contributed by atoms with Crippen molar-refractivity contribution in [3.63, 3.8) is 0 Å². The lowest BCUT2D eigenvalue weighted by Crippen LogP contribution is -2.48. The number of hydrogen-bond acceptors (Lipinski definition) is 8. The third-order valence-corrected chi connectivity index (χ3v) is 5.76. The highest BCUT2D eigenvalue weighted by Gasteiger charge is 2.22. The van der Waals surface area contributed by atoms with Crippen LogP contribution in [0.15, 0.2) is 24.4 Å². The van der Waals surface area contributed by atoms with E-state index in [2.05, 4.69) is 32.4 Å². The summed E-state index contributed by atoms with van der Waals surface area (Å²) < 4.78 is 5.14. The van der Waals surface area contributed by atoms with Crippen molar-refractivity contribution in [2.75, 3.05) is 57.6 Å². The number of amides is 1. The quantitative estimate of drug-likeness (QED) is 0.332. The zero-order chi connectivity index (χ0) is 23.9. The fourth-order valence-electron chi connectivity index (χ4n) is 3.60. The van der Waals surface area contributed by atoms with Crippen LogP contribution in [0, 0.1) is 17.8 Å². The maximum atomic E-state index is 12.3. The zero-order valence-electron chi connectivity index (χ0n) is 19.6. The molecule has 2 aromatic rings. The van der Waals surface area contributed by atoms with Gasteiger partial charge in [0.25, 0.3) is 0 Å². The minimum Gasteiger partial charge on any atom is -0.383 e. The molecule has 2 fully saturated rings. The average Bonchev–Trinajstić information content (AvgIpc) is 3.66. The van der Waals surface area contributed by atoms with Gasteiger partial charge in [-0.3, -0.25) is 14.5 Å². The van der Waals surface area contributed by atoms with Gasteiger partial charge in [0, 0.05) is 57.0 Å². The minimum absolute atomic E-state index is 0.0513. The van der Waals surface area contributed by atoms with Crippen LogP contribution in [0.1, 0.15) is 34.5 Å². The monoisotopic (exact) mass is 462 g/mol. The summed E-state index contributed by atoms with van der Waals surface area (Å²) >= 11 is 0. The van der Waals surface area contributed by atoms with E-state index in [0.717, 1.165) is 42.5 Å². The van der Waals surface area contributed by atoms with Crippen molar-refractivity contribution >= 4 is 29.5 Å². The molecule has 1 aliphatic carbocycles. The highest BCUT2D eigenvalue weighted by atomic mass is 16.5. The maximum Gasteiger partial charge on any atom is 0.237 e. The van der Waals surface area contributed by atoms with Crippen LogP contribution < -0.4 is 10.6 Å². The normalized spacial score (nSPS) is 16.1. The molecule has 1 saturated carbocycles. The molecule has 2 aromatic heterocycles. The molecule has 0 spiro atoms. The molecule has 34 heavy (non-hydrogen) atoms. The molecular weight excluding hydrogens is 432 g/mol. The Kier molecular flexibility index (Phi) is 7.72. The minimum atomic E-state index is 0.0513. The lowest BCUT2D eigenvalue weighted by Gasteiger charge is -2.32. The van der Waals surface area contributed by atoms with Crippen molar-refractivity contribution in [3.8, 4) is 11.8 Å². The molecule has 0 bridgehead atoms. The van der Waals surface area contributed by atoms with E-state index in [1.165, 1.54) is 0 Å². The summed E-state index contributed by atoms with van der Waals surface area (Å²) in [6, 6.07) is 5.51. The van der Waals surface area contributed by atoms with Crippen LogP contribution in [-0.4, -0.2) is 78.9 Å². The Morgan fingerprint density at radius 3 is 2.85 bits per heavy atom. The Bertz CT molecular complexity index is 1110. The number of hydrogen-bond donors (Lipinski definition) is 2. The predicted octanol–water partition coefficient (Wildman–Crippen LogP) is 2.13. The van der Waals surface area contributed by atoms with Crippen LogP contribution in [0.4, 0.5) is 17.3 Å². The van der Waals surface area contributed by atoms with E-state index >= 15 is 0 Å². The summed E-state index contributed by atoms with van der Waals surface area (Å²) in [5, 5.41) is 6.52. The largest absolute Gasteiger partial charge is 0.383 e. The summed E-state index contributed by atoms with van der Waals surface area (Å²) in [6.45, 7) is 3.41. The van der Waals surface area contributed by atoms with E-state index in [0.29, 0.717) is 56.0 Å². The molecule has 0 atom stereocenters. The molecule has 1 saturated heterocycles. The van der Waals surface area contributed by atoms with Crippen LogP contribution >= 0.6 is 0 Å². The lowest BCUT2D eigenvalue weighted by molar-refractivity contribution is -0.136. The molecular formula is C25H30N6O3. The van der Waals surface area contributed by atoms with Gasteiger partial charge >= 0.3 is 0 Å². The smallest absolute Gasteiger partial charge is 0.237 e. The van der Waals surface area contributed by atoms with Gasteiger partial charge in [-0.1, -0.05) is 17.9 Å². The van der Waals surface area contributed by atoms with E-state index in [4.69, 9.17) is 4.74 Å². The molecule has 1 aliphatic heterocycles. The molecule has 9 nitrogen and oxygen atoms in total. The molecule has 0 radical (unpaired) electrons. The van der Waals surface area contributed by atoms with Gasteiger partial charge in [-0.25, -0.2) is 9.97 Å². The summed E-state index contributed by atoms with van der Waals surface area (Å²) in [5.74, 6) is 8.13. The molecule has 1 amide bonds.